The molecule has 0 atom stereocenters. The topological polar surface area (TPSA) is 18.5 Å². The first-order chi connectivity index (χ1) is 16.6. The van der Waals surface area contributed by atoms with Crippen LogP contribution >= 0.6 is 0 Å². The van der Waals surface area contributed by atoms with Gasteiger partial charge in [0, 0.05) is 12.1 Å². The van der Waals surface area contributed by atoms with Crippen LogP contribution in [0, 0.1) is 11.6 Å². The minimum Gasteiger partial charge on any atom is -0.497 e. The minimum atomic E-state index is -0.601. The summed E-state index contributed by atoms with van der Waals surface area (Å²) >= 11 is 0. The van der Waals surface area contributed by atoms with Crippen LogP contribution in [-0.4, -0.2) is 7.11 Å². The van der Waals surface area contributed by atoms with Gasteiger partial charge in [0.05, 0.1) is 12.7 Å². The summed E-state index contributed by atoms with van der Waals surface area (Å²) in [6.07, 6.45) is 8.06. The number of aryl methyl sites for hydroxylation is 1. The van der Waals surface area contributed by atoms with E-state index in [9.17, 15) is 0 Å². The molecule has 0 heterocycles. The predicted octanol–water partition coefficient (Wildman–Crippen LogP) is 7.80. The zero-order chi connectivity index (χ0) is 23.5. The summed E-state index contributed by atoms with van der Waals surface area (Å²) in [6, 6.07) is 18.0. The number of hydrogen-bond acceptors (Lipinski definition) is 2. The van der Waals surface area contributed by atoms with Crippen molar-refractivity contribution in [3.8, 4) is 11.5 Å². The van der Waals surface area contributed by atoms with E-state index in [1.165, 1.54) is 17.7 Å². The fourth-order valence-electron chi connectivity index (χ4n) is 5.03. The number of ether oxygens (including phenoxy) is 2. The first-order valence-corrected chi connectivity index (χ1v) is 11.9. The number of methoxy groups -OCH3 is 1. The van der Waals surface area contributed by atoms with Gasteiger partial charge in [0.25, 0.3) is 0 Å². The molecule has 0 N–H and O–H groups in total. The van der Waals surface area contributed by atoms with Gasteiger partial charge in [-0.1, -0.05) is 42.5 Å². The lowest BCUT2D eigenvalue weighted by atomic mass is 9.77. The highest BCUT2D eigenvalue weighted by molar-refractivity contribution is 5.88. The van der Waals surface area contributed by atoms with Crippen molar-refractivity contribution in [1.82, 2.24) is 0 Å². The van der Waals surface area contributed by atoms with Crippen LogP contribution in [0.5, 0.6) is 11.5 Å². The van der Waals surface area contributed by atoms with Gasteiger partial charge < -0.3 is 9.47 Å². The third-order valence-electron chi connectivity index (χ3n) is 6.72. The Kier molecular flexibility index (Phi) is 6.48. The number of allylic oxidation sites excluding steroid dienone is 3. The van der Waals surface area contributed by atoms with Crippen LogP contribution in [0.2, 0.25) is 0 Å². The van der Waals surface area contributed by atoms with Crippen molar-refractivity contribution in [2.24, 2.45) is 0 Å². The molecule has 2 nitrogen and oxygen atoms in total. The molecule has 0 fully saturated rings. The molecule has 34 heavy (non-hydrogen) atoms. The number of rotatable bonds is 6. The van der Waals surface area contributed by atoms with E-state index in [-0.39, 0.29) is 17.9 Å². The molecule has 3 aromatic carbocycles. The van der Waals surface area contributed by atoms with E-state index in [1.807, 2.05) is 48.5 Å². The van der Waals surface area contributed by atoms with Crippen LogP contribution in [0.25, 0.3) is 5.57 Å². The summed E-state index contributed by atoms with van der Waals surface area (Å²) < 4.78 is 42.3. The number of halogens is 2. The zero-order valence-electron chi connectivity index (χ0n) is 19.4. The quantitative estimate of drug-likeness (QED) is 0.375. The second-order valence-corrected chi connectivity index (χ2v) is 8.89. The van der Waals surface area contributed by atoms with E-state index in [0.29, 0.717) is 5.57 Å². The highest BCUT2D eigenvalue weighted by atomic mass is 19.1. The largest absolute Gasteiger partial charge is 0.497 e. The third-order valence-corrected chi connectivity index (χ3v) is 6.72. The lowest BCUT2D eigenvalue weighted by Crippen LogP contribution is -2.12. The van der Waals surface area contributed by atoms with Gasteiger partial charge in [-0.25, -0.2) is 8.78 Å². The van der Waals surface area contributed by atoms with Crippen LogP contribution in [0.15, 0.2) is 77.9 Å². The van der Waals surface area contributed by atoms with Gasteiger partial charge in [-0.2, -0.15) is 0 Å². The second-order valence-electron chi connectivity index (χ2n) is 8.89. The van der Waals surface area contributed by atoms with Crippen molar-refractivity contribution in [3.05, 3.63) is 112 Å². The SMILES string of the molecule is COc1ccc2c(c1)CCC(C1=CCCCC1)=C2c1c(F)cc(OCc2ccccc2)cc1F. The van der Waals surface area contributed by atoms with Crippen molar-refractivity contribution in [3.63, 3.8) is 0 Å². The summed E-state index contributed by atoms with van der Waals surface area (Å²) in [7, 11) is 1.63. The maximum Gasteiger partial charge on any atom is 0.137 e. The Balaban J connectivity index is 1.58. The molecule has 0 unspecified atom stereocenters. The van der Waals surface area contributed by atoms with Crippen LogP contribution in [0.1, 0.15) is 54.4 Å². The maximum atomic E-state index is 15.6. The maximum absolute atomic E-state index is 15.6. The summed E-state index contributed by atoms with van der Waals surface area (Å²) in [5, 5.41) is 0. The molecule has 0 saturated heterocycles. The predicted molar refractivity (Wildman–Crippen MR) is 131 cm³/mol. The summed E-state index contributed by atoms with van der Waals surface area (Å²) in [5.74, 6) is -0.261. The van der Waals surface area contributed by atoms with Gasteiger partial charge in [0.2, 0.25) is 0 Å². The molecule has 0 bridgehead atoms. The molecule has 3 aromatic rings. The molecule has 0 saturated carbocycles. The van der Waals surface area contributed by atoms with Gasteiger partial charge in [0.1, 0.15) is 29.7 Å². The molecule has 0 amide bonds. The Labute approximate surface area is 199 Å². The lowest BCUT2D eigenvalue weighted by molar-refractivity contribution is 0.302. The Morgan fingerprint density at radius 2 is 1.62 bits per heavy atom. The van der Waals surface area contributed by atoms with Crippen molar-refractivity contribution >= 4 is 5.57 Å². The minimum absolute atomic E-state index is 0.0275. The molecular formula is C30H28F2O2. The Bertz CT molecular complexity index is 1240. The first kappa shape index (κ1) is 22.4. The van der Waals surface area contributed by atoms with Gasteiger partial charge in [0.15, 0.2) is 0 Å². The average Bonchev–Trinajstić information content (AvgIpc) is 2.88. The van der Waals surface area contributed by atoms with E-state index in [0.717, 1.165) is 66.5 Å². The molecule has 5 rings (SSSR count). The molecule has 4 heteroatoms. The molecule has 0 aromatic heterocycles. The molecule has 2 aliphatic rings. The standard InChI is InChI=1S/C30H28F2O2/c1-33-23-13-15-26-22(16-23)12-14-25(21-10-6-3-7-11-21)29(26)30-27(31)17-24(18-28(30)32)34-19-20-8-4-2-5-9-20/h2,4-5,8-10,13,15-18H,3,6-7,11-12,14,19H2,1H3. The van der Waals surface area contributed by atoms with E-state index in [4.69, 9.17) is 9.47 Å². The summed E-state index contributed by atoms with van der Waals surface area (Å²) in [6.45, 7) is 0.253. The number of benzene rings is 3. The molecule has 0 aliphatic heterocycles. The van der Waals surface area contributed by atoms with Gasteiger partial charge in [-0.3, -0.25) is 0 Å². The number of fused-ring (bicyclic) bond motifs is 1. The molecule has 0 spiro atoms. The molecule has 174 valence electrons. The fourth-order valence-corrected chi connectivity index (χ4v) is 5.03. The van der Waals surface area contributed by atoms with Crippen molar-refractivity contribution < 1.29 is 18.3 Å². The smallest absolute Gasteiger partial charge is 0.137 e. The lowest BCUT2D eigenvalue weighted by Gasteiger charge is -2.28. The van der Waals surface area contributed by atoms with Crippen LogP contribution in [-0.2, 0) is 13.0 Å². The van der Waals surface area contributed by atoms with E-state index in [1.54, 1.807) is 7.11 Å². The van der Waals surface area contributed by atoms with Crippen LogP contribution < -0.4 is 9.47 Å². The Morgan fingerprint density at radius 3 is 2.32 bits per heavy atom. The van der Waals surface area contributed by atoms with Crippen molar-refractivity contribution in [2.75, 3.05) is 7.11 Å². The van der Waals surface area contributed by atoms with Gasteiger partial charge in [-0.05, 0) is 84.1 Å². The van der Waals surface area contributed by atoms with E-state index < -0.39 is 11.6 Å². The third kappa shape index (κ3) is 4.50. The Hall–Kier alpha value is -3.40. The number of hydrogen-bond donors (Lipinski definition) is 0. The van der Waals surface area contributed by atoms with Gasteiger partial charge >= 0.3 is 0 Å². The zero-order valence-corrected chi connectivity index (χ0v) is 19.4. The fraction of sp³-hybridized carbons (Fsp3) is 0.267. The Morgan fingerprint density at radius 1 is 0.824 bits per heavy atom. The van der Waals surface area contributed by atoms with Crippen LogP contribution in [0.3, 0.4) is 0 Å². The van der Waals surface area contributed by atoms with E-state index >= 15 is 8.78 Å². The summed E-state index contributed by atoms with van der Waals surface area (Å²) in [4.78, 5) is 0. The van der Waals surface area contributed by atoms with Crippen LogP contribution in [0.4, 0.5) is 8.78 Å². The molecule has 0 radical (unpaired) electrons. The summed E-state index contributed by atoms with van der Waals surface area (Å²) in [5.41, 5.74) is 5.86. The normalized spacial score (nSPS) is 15.6. The second kappa shape index (κ2) is 9.84. The highest BCUT2D eigenvalue weighted by Crippen LogP contribution is 2.44. The van der Waals surface area contributed by atoms with E-state index in [2.05, 4.69) is 6.08 Å². The molecular weight excluding hydrogens is 430 g/mol. The monoisotopic (exact) mass is 458 g/mol. The highest BCUT2D eigenvalue weighted by Gasteiger charge is 2.28. The van der Waals surface area contributed by atoms with Gasteiger partial charge in [-0.15, -0.1) is 0 Å². The first-order valence-electron chi connectivity index (χ1n) is 11.9. The average molecular weight is 459 g/mol. The molecule has 2 aliphatic carbocycles. The van der Waals surface area contributed by atoms with Crippen molar-refractivity contribution in [1.29, 1.82) is 0 Å². The van der Waals surface area contributed by atoms with Crippen molar-refractivity contribution in [2.45, 2.75) is 45.1 Å².